The monoisotopic (exact) mass is 379 g/mol. The van der Waals surface area contributed by atoms with Crippen LogP contribution < -0.4 is 10.9 Å². The number of aryl methyl sites for hydroxylation is 2. The molecule has 0 saturated heterocycles. The van der Waals surface area contributed by atoms with Crippen LogP contribution >= 0.6 is 0 Å². The Morgan fingerprint density at radius 3 is 2.79 bits per heavy atom. The fourth-order valence-electron chi connectivity index (χ4n) is 3.62. The molecule has 3 aromatic heterocycles. The highest BCUT2D eigenvalue weighted by atomic mass is 16.5. The number of aromatic nitrogens is 2. The van der Waals surface area contributed by atoms with Crippen molar-refractivity contribution in [1.82, 2.24) is 14.7 Å². The summed E-state index contributed by atoms with van der Waals surface area (Å²) in [5, 5.41) is 2.88. The summed E-state index contributed by atoms with van der Waals surface area (Å²) in [4.78, 5) is 27.9. The minimum Gasteiger partial charge on any atom is -0.493 e. The van der Waals surface area contributed by atoms with E-state index in [1.165, 1.54) is 6.26 Å². The molecule has 1 unspecified atom stereocenters. The topological polar surface area (TPSA) is 75.6 Å². The van der Waals surface area contributed by atoms with Gasteiger partial charge in [0.25, 0.3) is 11.5 Å². The number of carbonyl (C=O) groups is 1. The van der Waals surface area contributed by atoms with Crippen LogP contribution in [0.4, 0.5) is 0 Å². The van der Waals surface area contributed by atoms with Gasteiger partial charge in [0.15, 0.2) is 0 Å². The standard InChI is InChI=1S/C22H25N3O3/c1-6-28-16(5)20-15(4)18(11-17-8-7-9-25(17)20)21(26)23-12-19-13(2)10-14(3)24-22(19)27/h6-11,16H,1,12H2,2-5H3,(H,23,26)(H,24,27). The number of H-pyrrole nitrogens is 1. The lowest BCUT2D eigenvalue weighted by molar-refractivity contribution is 0.0949. The van der Waals surface area contributed by atoms with Crippen molar-refractivity contribution in [2.75, 3.05) is 0 Å². The quantitative estimate of drug-likeness (QED) is 0.641. The Kier molecular flexibility index (Phi) is 5.40. The normalized spacial score (nSPS) is 12.0. The second kappa shape index (κ2) is 7.76. The zero-order chi connectivity index (χ0) is 20.4. The predicted octanol–water partition coefficient (Wildman–Crippen LogP) is 3.70. The molecule has 1 amide bonds. The number of aromatic amines is 1. The van der Waals surface area contributed by atoms with Crippen LogP contribution in [0.3, 0.4) is 0 Å². The Labute approximate surface area is 163 Å². The summed E-state index contributed by atoms with van der Waals surface area (Å²) in [5.74, 6) is -0.229. The molecule has 0 aliphatic carbocycles. The van der Waals surface area contributed by atoms with Crippen molar-refractivity contribution in [3.8, 4) is 0 Å². The zero-order valence-corrected chi connectivity index (χ0v) is 16.6. The van der Waals surface area contributed by atoms with Crippen LogP contribution in [0, 0.1) is 20.8 Å². The van der Waals surface area contributed by atoms with Crippen molar-refractivity contribution in [3.63, 3.8) is 0 Å². The third kappa shape index (κ3) is 3.58. The van der Waals surface area contributed by atoms with Crippen molar-refractivity contribution < 1.29 is 9.53 Å². The van der Waals surface area contributed by atoms with E-state index in [0.29, 0.717) is 11.1 Å². The van der Waals surface area contributed by atoms with Crippen LogP contribution in [-0.4, -0.2) is 15.3 Å². The molecule has 0 fully saturated rings. The Hall–Kier alpha value is -3.28. The maximum atomic E-state index is 12.9. The summed E-state index contributed by atoms with van der Waals surface area (Å²) in [6.07, 6.45) is 3.08. The van der Waals surface area contributed by atoms with Crippen molar-refractivity contribution in [2.45, 2.75) is 40.3 Å². The molecular weight excluding hydrogens is 354 g/mol. The highest BCUT2D eigenvalue weighted by Gasteiger charge is 2.20. The molecule has 0 radical (unpaired) electrons. The lowest BCUT2D eigenvalue weighted by Crippen LogP contribution is -2.29. The molecular formula is C22H25N3O3. The van der Waals surface area contributed by atoms with Crippen LogP contribution in [0.5, 0.6) is 0 Å². The van der Waals surface area contributed by atoms with Crippen molar-refractivity contribution in [3.05, 3.63) is 87.3 Å². The van der Waals surface area contributed by atoms with Crippen LogP contribution in [0.25, 0.3) is 5.52 Å². The minimum atomic E-state index is -0.262. The van der Waals surface area contributed by atoms with Crippen molar-refractivity contribution >= 4 is 11.4 Å². The van der Waals surface area contributed by atoms with E-state index in [1.807, 2.05) is 62.6 Å². The minimum absolute atomic E-state index is 0.167. The second-order valence-corrected chi connectivity index (χ2v) is 6.94. The molecule has 0 spiro atoms. The number of hydrogen-bond donors (Lipinski definition) is 2. The fourth-order valence-corrected chi connectivity index (χ4v) is 3.62. The van der Waals surface area contributed by atoms with E-state index in [-0.39, 0.29) is 24.1 Å². The number of nitrogens with one attached hydrogen (secondary N) is 2. The predicted molar refractivity (Wildman–Crippen MR) is 110 cm³/mol. The van der Waals surface area contributed by atoms with Gasteiger partial charge < -0.3 is 19.4 Å². The Balaban J connectivity index is 1.95. The smallest absolute Gasteiger partial charge is 0.253 e. The van der Waals surface area contributed by atoms with Gasteiger partial charge >= 0.3 is 0 Å². The van der Waals surface area contributed by atoms with Crippen molar-refractivity contribution in [2.24, 2.45) is 0 Å². The molecule has 0 aliphatic rings. The van der Waals surface area contributed by atoms with Gasteiger partial charge in [-0.15, -0.1) is 0 Å². The lowest BCUT2D eigenvalue weighted by atomic mass is 10.0. The van der Waals surface area contributed by atoms with Gasteiger partial charge in [0.05, 0.1) is 12.0 Å². The van der Waals surface area contributed by atoms with E-state index in [4.69, 9.17) is 4.74 Å². The highest BCUT2D eigenvalue weighted by Crippen LogP contribution is 2.26. The number of carbonyl (C=O) groups excluding carboxylic acids is 1. The van der Waals surface area contributed by atoms with Gasteiger partial charge in [0.2, 0.25) is 0 Å². The molecule has 3 rings (SSSR count). The van der Waals surface area contributed by atoms with Crippen LogP contribution in [0.15, 0.2) is 48.1 Å². The molecule has 0 aromatic carbocycles. The summed E-state index contributed by atoms with van der Waals surface area (Å²) in [7, 11) is 0. The van der Waals surface area contributed by atoms with Gasteiger partial charge in [-0.25, -0.2) is 0 Å². The van der Waals surface area contributed by atoms with Gasteiger partial charge in [-0.1, -0.05) is 6.58 Å². The second-order valence-electron chi connectivity index (χ2n) is 6.94. The molecule has 3 heterocycles. The third-order valence-electron chi connectivity index (χ3n) is 4.97. The van der Waals surface area contributed by atoms with E-state index in [0.717, 1.165) is 28.0 Å². The molecule has 0 bridgehead atoms. The lowest BCUT2D eigenvalue weighted by Gasteiger charge is -2.19. The number of rotatable bonds is 6. The van der Waals surface area contributed by atoms with Crippen LogP contribution in [0.2, 0.25) is 0 Å². The maximum absolute atomic E-state index is 12.9. The maximum Gasteiger partial charge on any atom is 0.253 e. The Morgan fingerprint density at radius 1 is 1.36 bits per heavy atom. The number of nitrogens with zero attached hydrogens (tertiary/aromatic N) is 1. The number of amides is 1. The molecule has 6 heteroatoms. The molecule has 28 heavy (non-hydrogen) atoms. The van der Waals surface area contributed by atoms with Crippen molar-refractivity contribution in [1.29, 1.82) is 0 Å². The summed E-state index contributed by atoms with van der Waals surface area (Å²) >= 11 is 0. The van der Waals surface area contributed by atoms with E-state index in [2.05, 4.69) is 16.9 Å². The van der Waals surface area contributed by atoms with Crippen LogP contribution in [-0.2, 0) is 11.3 Å². The first-order valence-corrected chi connectivity index (χ1v) is 9.18. The van der Waals surface area contributed by atoms with Gasteiger partial charge in [-0.2, -0.15) is 0 Å². The fraction of sp³-hybridized carbons (Fsp3) is 0.273. The van der Waals surface area contributed by atoms with E-state index >= 15 is 0 Å². The summed E-state index contributed by atoms with van der Waals surface area (Å²) in [5.41, 5.74) is 5.20. The number of ether oxygens (including phenoxy) is 1. The molecule has 3 aromatic rings. The molecule has 0 saturated carbocycles. The molecule has 2 N–H and O–H groups in total. The average Bonchev–Trinajstić information content (AvgIpc) is 3.08. The first-order chi connectivity index (χ1) is 13.3. The number of fused-ring (bicyclic) bond motifs is 1. The van der Waals surface area contributed by atoms with Gasteiger partial charge in [-0.05, 0) is 63.1 Å². The number of pyridine rings is 2. The molecule has 0 aliphatic heterocycles. The Bertz CT molecular complexity index is 1110. The van der Waals surface area contributed by atoms with E-state index < -0.39 is 0 Å². The zero-order valence-electron chi connectivity index (χ0n) is 16.6. The van der Waals surface area contributed by atoms with Gasteiger partial charge in [-0.3, -0.25) is 9.59 Å². The SMILES string of the molecule is C=COC(C)c1c(C)c(C(=O)NCc2c(C)cc(C)[nH]c2=O)cc2cccn12. The summed E-state index contributed by atoms with van der Waals surface area (Å²) in [6, 6.07) is 7.61. The summed E-state index contributed by atoms with van der Waals surface area (Å²) < 4.78 is 7.57. The first kappa shape index (κ1) is 19.5. The van der Waals surface area contributed by atoms with Gasteiger partial charge in [0, 0.05) is 35.1 Å². The average molecular weight is 379 g/mol. The van der Waals surface area contributed by atoms with E-state index in [9.17, 15) is 9.59 Å². The summed E-state index contributed by atoms with van der Waals surface area (Å²) in [6.45, 7) is 11.3. The van der Waals surface area contributed by atoms with Crippen LogP contribution in [0.1, 0.15) is 51.5 Å². The highest BCUT2D eigenvalue weighted by molar-refractivity contribution is 5.97. The molecule has 1 atom stereocenters. The number of hydrogen-bond acceptors (Lipinski definition) is 3. The van der Waals surface area contributed by atoms with Gasteiger partial charge in [0.1, 0.15) is 6.10 Å². The van der Waals surface area contributed by atoms with E-state index in [1.54, 1.807) is 0 Å². The third-order valence-corrected chi connectivity index (χ3v) is 4.97. The first-order valence-electron chi connectivity index (χ1n) is 9.18. The largest absolute Gasteiger partial charge is 0.493 e. The molecule has 146 valence electrons. The Morgan fingerprint density at radius 2 is 2.11 bits per heavy atom. The molecule has 6 nitrogen and oxygen atoms in total.